The van der Waals surface area contributed by atoms with Crippen LogP contribution in [0.15, 0.2) is 41.1 Å². The molecule has 1 aromatic carbocycles. The fourth-order valence-corrected chi connectivity index (χ4v) is 2.94. The molecule has 1 nitrogen and oxygen atoms in total. The number of benzene rings is 1. The number of aliphatic hydroxyl groups is 1. The second-order valence-electron chi connectivity index (χ2n) is 4.91. The molecule has 1 unspecified atom stereocenters. The van der Waals surface area contributed by atoms with Crippen LogP contribution in [-0.2, 0) is 12.8 Å². The Hall–Kier alpha value is -1.12. The van der Waals surface area contributed by atoms with Gasteiger partial charge in [0.25, 0.3) is 0 Å². The lowest BCUT2D eigenvalue weighted by molar-refractivity contribution is 0.218. The van der Waals surface area contributed by atoms with Gasteiger partial charge in [-0.1, -0.05) is 29.8 Å². The molecule has 1 N–H and O–H groups in total. The van der Waals surface area contributed by atoms with Crippen LogP contribution in [0, 0.1) is 12.8 Å². The van der Waals surface area contributed by atoms with Gasteiger partial charge in [0.05, 0.1) is 0 Å². The van der Waals surface area contributed by atoms with Gasteiger partial charge in [-0.2, -0.15) is 11.3 Å². The maximum Gasteiger partial charge on any atom is 0.0462 e. The van der Waals surface area contributed by atoms with E-state index >= 15 is 0 Å². The van der Waals surface area contributed by atoms with E-state index in [1.165, 1.54) is 16.7 Å². The molecular weight excluding hydrogens is 240 g/mol. The predicted molar refractivity (Wildman–Crippen MR) is 78.1 cm³/mol. The first-order chi connectivity index (χ1) is 8.78. The monoisotopic (exact) mass is 260 g/mol. The van der Waals surface area contributed by atoms with Crippen LogP contribution in [0.4, 0.5) is 0 Å². The van der Waals surface area contributed by atoms with Crippen molar-refractivity contribution in [2.45, 2.75) is 26.2 Å². The number of hydrogen-bond acceptors (Lipinski definition) is 2. The molecule has 0 fully saturated rings. The molecule has 0 aliphatic rings. The average Bonchev–Trinajstić information content (AvgIpc) is 2.87. The van der Waals surface area contributed by atoms with Gasteiger partial charge in [0.15, 0.2) is 0 Å². The van der Waals surface area contributed by atoms with Crippen molar-refractivity contribution in [3.05, 3.63) is 57.8 Å². The number of aryl methyl sites for hydroxylation is 2. The van der Waals surface area contributed by atoms with E-state index in [1.54, 1.807) is 11.3 Å². The van der Waals surface area contributed by atoms with Gasteiger partial charge in [-0.3, -0.25) is 0 Å². The fraction of sp³-hybridized carbons (Fsp3) is 0.375. The molecule has 0 saturated carbocycles. The summed E-state index contributed by atoms with van der Waals surface area (Å²) in [6.07, 6.45) is 3.10. The molecule has 18 heavy (non-hydrogen) atoms. The van der Waals surface area contributed by atoms with Gasteiger partial charge in [-0.15, -0.1) is 0 Å². The zero-order valence-electron chi connectivity index (χ0n) is 10.8. The summed E-state index contributed by atoms with van der Waals surface area (Å²) in [7, 11) is 0. The third-order valence-corrected chi connectivity index (χ3v) is 4.02. The third kappa shape index (κ3) is 3.97. The Bertz CT molecular complexity index is 462. The first-order valence-corrected chi connectivity index (χ1v) is 7.39. The highest BCUT2D eigenvalue weighted by Crippen LogP contribution is 2.17. The fourth-order valence-electron chi connectivity index (χ4n) is 2.24. The third-order valence-electron chi connectivity index (χ3n) is 3.29. The van der Waals surface area contributed by atoms with Crippen LogP contribution in [0.1, 0.15) is 23.1 Å². The maximum atomic E-state index is 9.49. The molecule has 2 aromatic rings. The Morgan fingerprint density at radius 1 is 1.22 bits per heavy atom. The molecule has 0 spiro atoms. The standard InChI is InChI=1S/C16H20OS/c1-13-3-2-4-15(9-13)10-16(11-17)6-5-14-7-8-18-12-14/h2-4,7-9,12,16-17H,5-6,10-11H2,1H3. The lowest BCUT2D eigenvalue weighted by atomic mass is 9.93. The smallest absolute Gasteiger partial charge is 0.0462 e. The van der Waals surface area contributed by atoms with Crippen LogP contribution in [0.25, 0.3) is 0 Å². The SMILES string of the molecule is Cc1cccc(CC(CO)CCc2ccsc2)c1. The van der Waals surface area contributed by atoms with Gasteiger partial charge >= 0.3 is 0 Å². The Balaban J connectivity index is 1.89. The van der Waals surface area contributed by atoms with E-state index in [1.807, 2.05) is 0 Å². The molecule has 1 aromatic heterocycles. The first kappa shape index (κ1) is 13.3. The van der Waals surface area contributed by atoms with Crippen molar-refractivity contribution in [3.63, 3.8) is 0 Å². The van der Waals surface area contributed by atoms with Crippen molar-refractivity contribution in [2.24, 2.45) is 5.92 Å². The number of thiophene rings is 1. The molecule has 1 atom stereocenters. The molecule has 0 radical (unpaired) electrons. The summed E-state index contributed by atoms with van der Waals surface area (Å²) < 4.78 is 0. The molecular formula is C16H20OS. The first-order valence-electron chi connectivity index (χ1n) is 6.45. The summed E-state index contributed by atoms with van der Waals surface area (Å²) in [6.45, 7) is 2.39. The zero-order chi connectivity index (χ0) is 12.8. The predicted octanol–water partition coefficient (Wildman–Crippen LogP) is 3.84. The molecule has 0 amide bonds. The Kier molecular flexibility index (Phi) is 4.97. The van der Waals surface area contributed by atoms with Crippen molar-refractivity contribution >= 4 is 11.3 Å². The number of aliphatic hydroxyl groups excluding tert-OH is 1. The largest absolute Gasteiger partial charge is 0.396 e. The Morgan fingerprint density at radius 3 is 2.78 bits per heavy atom. The van der Waals surface area contributed by atoms with E-state index in [9.17, 15) is 5.11 Å². The van der Waals surface area contributed by atoms with Crippen molar-refractivity contribution in [1.82, 2.24) is 0 Å². The number of rotatable bonds is 6. The molecule has 2 rings (SSSR count). The van der Waals surface area contributed by atoms with Crippen LogP contribution < -0.4 is 0 Å². The van der Waals surface area contributed by atoms with Gasteiger partial charge in [-0.05, 0) is 60.1 Å². The molecule has 0 bridgehead atoms. The summed E-state index contributed by atoms with van der Waals surface area (Å²) in [5.74, 6) is 0.367. The van der Waals surface area contributed by atoms with E-state index in [4.69, 9.17) is 0 Å². The van der Waals surface area contributed by atoms with Gasteiger partial charge in [0, 0.05) is 6.61 Å². The summed E-state index contributed by atoms with van der Waals surface area (Å²) in [6, 6.07) is 10.8. The molecule has 0 saturated heterocycles. The summed E-state index contributed by atoms with van der Waals surface area (Å²) in [4.78, 5) is 0. The quantitative estimate of drug-likeness (QED) is 0.836. The number of hydrogen-bond donors (Lipinski definition) is 1. The van der Waals surface area contributed by atoms with E-state index < -0.39 is 0 Å². The second-order valence-corrected chi connectivity index (χ2v) is 5.69. The topological polar surface area (TPSA) is 20.2 Å². The van der Waals surface area contributed by atoms with E-state index in [0.29, 0.717) is 5.92 Å². The van der Waals surface area contributed by atoms with Crippen molar-refractivity contribution in [1.29, 1.82) is 0 Å². The molecule has 0 aliphatic heterocycles. The molecule has 96 valence electrons. The molecule has 0 aliphatic carbocycles. The zero-order valence-corrected chi connectivity index (χ0v) is 11.6. The van der Waals surface area contributed by atoms with Crippen molar-refractivity contribution in [3.8, 4) is 0 Å². The van der Waals surface area contributed by atoms with Gasteiger partial charge in [0.1, 0.15) is 0 Å². The molecule has 2 heteroatoms. The van der Waals surface area contributed by atoms with Gasteiger partial charge < -0.3 is 5.11 Å². The van der Waals surface area contributed by atoms with Crippen LogP contribution in [-0.4, -0.2) is 11.7 Å². The minimum absolute atomic E-state index is 0.276. The van der Waals surface area contributed by atoms with Gasteiger partial charge in [0.2, 0.25) is 0 Å². The van der Waals surface area contributed by atoms with Crippen LogP contribution in [0.3, 0.4) is 0 Å². The normalized spacial score (nSPS) is 12.6. The Labute approximate surface area is 113 Å². The van der Waals surface area contributed by atoms with Crippen molar-refractivity contribution in [2.75, 3.05) is 6.61 Å². The Morgan fingerprint density at radius 2 is 2.11 bits per heavy atom. The maximum absolute atomic E-state index is 9.49. The van der Waals surface area contributed by atoms with Crippen LogP contribution >= 0.6 is 11.3 Å². The highest BCUT2D eigenvalue weighted by atomic mass is 32.1. The summed E-state index contributed by atoms with van der Waals surface area (Å²) >= 11 is 1.74. The van der Waals surface area contributed by atoms with Crippen molar-refractivity contribution < 1.29 is 5.11 Å². The summed E-state index contributed by atoms with van der Waals surface area (Å²) in [5.41, 5.74) is 4.02. The minimum Gasteiger partial charge on any atom is -0.396 e. The highest BCUT2D eigenvalue weighted by Gasteiger charge is 2.09. The van der Waals surface area contributed by atoms with Crippen LogP contribution in [0.5, 0.6) is 0 Å². The van der Waals surface area contributed by atoms with E-state index in [-0.39, 0.29) is 6.61 Å². The van der Waals surface area contributed by atoms with Gasteiger partial charge in [-0.25, -0.2) is 0 Å². The minimum atomic E-state index is 0.276. The highest BCUT2D eigenvalue weighted by molar-refractivity contribution is 7.07. The lowest BCUT2D eigenvalue weighted by Crippen LogP contribution is -2.10. The average molecular weight is 260 g/mol. The lowest BCUT2D eigenvalue weighted by Gasteiger charge is -2.14. The van der Waals surface area contributed by atoms with E-state index in [2.05, 4.69) is 48.0 Å². The second kappa shape index (κ2) is 6.72. The van der Waals surface area contributed by atoms with Crippen LogP contribution in [0.2, 0.25) is 0 Å². The van der Waals surface area contributed by atoms with E-state index in [0.717, 1.165) is 19.3 Å². The summed E-state index contributed by atoms with van der Waals surface area (Å²) in [5, 5.41) is 13.8. The molecule has 1 heterocycles.